The van der Waals surface area contributed by atoms with Gasteiger partial charge in [0.05, 0.1) is 24.9 Å². The van der Waals surface area contributed by atoms with Gasteiger partial charge in [0, 0.05) is 0 Å². The number of aliphatic hydroxyl groups is 1. The fraction of sp³-hybridized carbons (Fsp3) is 0.909. The first-order valence-electron chi connectivity index (χ1n) is 5.77. The first-order chi connectivity index (χ1) is 7.51. The molecule has 0 aromatic rings. The number of carboxylic acid groups (broad SMARTS) is 1. The van der Waals surface area contributed by atoms with Crippen LogP contribution in [-0.2, 0) is 4.74 Å². The van der Waals surface area contributed by atoms with E-state index < -0.39 is 6.09 Å². The van der Waals surface area contributed by atoms with Crippen LogP contribution in [0.2, 0.25) is 0 Å². The third-order valence-corrected chi connectivity index (χ3v) is 2.96. The highest BCUT2D eigenvalue weighted by atomic mass is 16.5. The summed E-state index contributed by atoms with van der Waals surface area (Å²) < 4.78 is 5.61. The lowest BCUT2D eigenvalue weighted by molar-refractivity contribution is -0.0555. The van der Waals surface area contributed by atoms with Crippen molar-refractivity contribution >= 4 is 6.09 Å². The minimum atomic E-state index is -1.08. The average Bonchev–Trinajstić information content (AvgIpc) is 2.14. The molecule has 5 heteroatoms. The largest absolute Gasteiger partial charge is 0.465 e. The van der Waals surface area contributed by atoms with E-state index in [1.54, 1.807) is 0 Å². The van der Waals surface area contributed by atoms with Crippen LogP contribution in [0, 0.1) is 5.92 Å². The predicted octanol–water partition coefficient (Wildman–Crippen LogP) is 1.21. The number of aliphatic hydroxyl groups excluding tert-OH is 1. The number of amides is 1. The minimum absolute atomic E-state index is 0.146. The molecule has 0 radical (unpaired) electrons. The van der Waals surface area contributed by atoms with Gasteiger partial charge in [-0.25, -0.2) is 4.79 Å². The molecule has 1 rings (SSSR count). The van der Waals surface area contributed by atoms with Gasteiger partial charge in [-0.15, -0.1) is 0 Å². The van der Waals surface area contributed by atoms with Crippen molar-refractivity contribution in [2.24, 2.45) is 5.92 Å². The Kier molecular flexibility index (Phi) is 5.02. The predicted molar refractivity (Wildman–Crippen MR) is 59.4 cm³/mol. The highest BCUT2D eigenvalue weighted by Crippen LogP contribution is 2.28. The zero-order valence-electron chi connectivity index (χ0n) is 9.85. The highest BCUT2D eigenvalue weighted by molar-refractivity contribution is 5.64. The van der Waals surface area contributed by atoms with Crippen molar-refractivity contribution in [2.45, 2.75) is 51.4 Å². The maximum atomic E-state index is 10.5. The van der Waals surface area contributed by atoms with Gasteiger partial charge in [0.15, 0.2) is 0 Å². The van der Waals surface area contributed by atoms with Gasteiger partial charge in [-0.1, -0.05) is 0 Å². The normalized spacial score (nSPS) is 32.1. The Bertz CT molecular complexity index is 224. The Hall–Kier alpha value is -0.810. The number of hydrogen-bond acceptors (Lipinski definition) is 3. The molecule has 5 nitrogen and oxygen atoms in total. The van der Waals surface area contributed by atoms with Crippen molar-refractivity contribution in [3.63, 3.8) is 0 Å². The molecule has 16 heavy (non-hydrogen) atoms. The maximum Gasteiger partial charge on any atom is 0.404 e. The monoisotopic (exact) mass is 231 g/mol. The van der Waals surface area contributed by atoms with Gasteiger partial charge in [0.25, 0.3) is 0 Å². The van der Waals surface area contributed by atoms with Crippen LogP contribution in [0.15, 0.2) is 0 Å². The fourth-order valence-corrected chi connectivity index (χ4v) is 2.49. The number of ether oxygens (including phenoxy) is 1. The standard InChI is InChI=1S/C11H21NO4/c1-7-3-9(4-8(2)16-7)5-10(6-13)12-11(14)15/h7-10,12-13H,3-6H2,1-2H3,(H,14,15)/t7-,8?,9?,10?/m1/s1. The summed E-state index contributed by atoms with van der Waals surface area (Å²) in [6, 6.07) is -0.361. The number of hydrogen-bond donors (Lipinski definition) is 3. The van der Waals surface area contributed by atoms with Crippen LogP contribution in [0.3, 0.4) is 0 Å². The van der Waals surface area contributed by atoms with E-state index in [1.165, 1.54) is 0 Å². The van der Waals surface area contributed by atoms with E-state index in [2.05, 4.69) is 5.32 Å². The molecule has 1 aliphatic heterocycles. The molecule has 0 bridgehead atoms. The van der Waals surface area contributed by atoms with Crippen molar-refractivity contribution in [3.05, 3.63) is 0 Å². The molecular weight excluding hydrogens is 210 g/mol. The van der Waals surface area contributed by atoms with E-state index in [1.807, 2.05) is 13.8 Å². The Balaban J connectivity index is 2.41. The van der Waals surface area contributed by atoms with Crippen LogP contribution in [0.4, 0.5) is 4.79 Å². The molecule has 1 fully saturated rings. The first-order valence-corrected chi connectivity index (χ1v) is 5.77. The second kappa shape index (κ2) is 6.06. The van der Waals surface area contributed by atoms with Crippen molar-refractivity contribution < 1.29 is 19.7 Å². The summed E-state index contributed by atoms with van der Waals surface area (Å²) >= 11 is 0. The molecule has 4 atom stereocenters. The molecule has 1 amide bonds. The van der Waals surface area contributed by atoms with Crippen molar-refractivity contribution in [2.75, 3.05) is 6.61 Å². The Morgan fingerprint density at radius 1 is 1.44 bits per heavy atom. The van der Waals surface area contributed by atoms with Gasteiger partial charge in [0.1, 0.15) is 0 Å². The van der Waals surface area contributed by atoms with Crippen LogP contribution in [-0.4, -0.2) is 41.2 Å². The van der Waals surface area contributed by atoms with E-state index in [0.717, 1.165) is 12.8 Å². The molecule has 0 spiro atoms. The SMILES string of the molecule is CC1CC(CC(CO)NC(=O)O)C[C@@H](C)O1. The van der Waals surface area contributed by atoms with Gasteiger partial charge in [0.2, 0.25) is 0 Å². The van der Waals surface area contributed by atoms with Crippen molar-refractivity contribution in [1.82, 2.24) is 5.32 Å². The summed E-state index contributed by atoms with van der Waals surface area (Å²) in [5.74, 6) is 0.419. The van der Waals surface area contributed by atoms with Crippen LogP contribution in [0.5, 0.6) is 0 Å². The van der Waals surface area contributed by atoms with Gasteiger partial charge in [-0.3, -0.25) is 0 Å². The third kappa shape index (κ3) is 4.37. The lowest BCUT2D eigenvalue weighted by atomic mass is 9.87. The Morgan fingerprint density at radius 3 is 2.44 bits per heavy atom. The molecular formula is C11H21NO4. The zero-order chi connectivity index (χ0) is 12.1. The molecule has 1 heterocycles. The van der Waals surface area contributed by atoms with E-state index >= 15 is 0 Å². The van der Waals surface area contributed by atoms with Crippen LogP contribution in [0.25, 0.3) is 0 Å². The summed E-state index contributed by atoms with van der Waals surface area (Å²) in [6.07, 6.45) is 1.91. The average molecular weight is 231 g/mol. The van der Waals surface area contributed by atoms with E-state index in [0.29, 0.717) is 12.3 Å². The Labute approximate surface area is 95.8 Å². The summed E-state index contributed by atoms with van der Waals surface area (Å²) in [7, 11) is 0. The summed E-state index contributed by atoms with van der Waals surface area (Å²) in [4.78, 5) is 10.5. The molecule has 3 N–H and O–H groups in total. The van der Waals surface area contributed by atoms with E-state index in [-0.39, 0.29) is 24.9 Å². The van der Waals surface area contributed by atoms with Gasteiger partial charge in [-0.05, 0) is 39.0 Å². The van der Waals surface area contributed by atoms with Crippen LogP contribution >= 0.6 is 0 Å². The van der Waals surface area contributed by atoms with Crippen molar-refractivity contribution in [1.29, 1.82) is 0 Å². The smallest absolute Gasteiger partial charge is 0.404 e. The zero-order valence-corrected chi connectivity index (χ0v) is 9.85. The van der Waals surface area contributed by atoms with E-state index in [9.17, 15) is 4.79 Å². The topological polar surface area (TPSA) is 78.8 Å². The lowest BCUT2D eigenvalue weighted by Crippen LogP contribution is -2.40. The van der Waals surface area contributed by atoms with Gasteiger partial charge < -0.3 is 20.3 Å². The number of nitrogens with one attached hydrogen (secondary N) is 1. The maximum absolute atomic E-state index is 10.5. The Morgan fingerprint density at radius 2 is 2.00 bits per heavy atom. The molecule has 1 saturated heterocycles. The van der Waals surface area contributed by atoms with Gasteiger partial charge in [-0.2, -0.15) is 0 Å². The minimum Gasteiger partial charge on any atom is -0.465 e. The fourth-order valence-electron chi connectivity index (χ4n) is 2.49. The molecule has 0 aliphatic carbocycles. The number of carbonyl (C=O) groups is 1. The molecule has 94 valence electrons. The third-order valence-electron chi connectivity index (χ3n) is 2.96. The summed E-state index contributed by atoms with van der Waals surface area (Å²) in [5.41, 5.74) is 0. The highest BCUT2D eigenvalue weighted by Gasteiger charge is 2.26. The van der Waals surface area contributed by atoms with Crippen LogP contribution in [0.1, 0.15) is 33.1 Å². The summed E-state index contributed by atoms with van der Waals surface area (Å²) in [6.45, 7) is 3.91. The molecule has 1 aliphatic rings. The molecule has 3 unspecified atom stereocenters. The van der Waals surface area contributed by atoms with E-state index in [4.69, 9.17) is 14.9 Å². The second-order valence-electron chi connectivity index (χ2n) is 4.66. The molecule has 0 aromatic heterocycles. The van der Waals surface area contributed by atoms with Gasteiger partial charge >= 0.3 is 6.09 Å². The lowest BCUT2D eigenvalue weighted by Gasteiger charge is -2.33. The van der Waals surface area contributed by atoms with Crippen molar-refractivity contribution in [3.8, 4) is 0 Å². The number of rotatable bonds is 4. The quantitative estimate of drug-likeness (QED) is 0.679. The second-order valence-corrected chi connectivity index (χ2v) is 4.66. The summed E-state index contributed by atoms with van der Waals surface area (Å²) in [5, 5.41) is 20.0. The molecule has 0 saturated carbocycles. The van der Waals surface area contributed by atoms with Crippen LogP contribution < -0.4 is 5.32 Å². The molecule has 0 aromatic carbocycles. The first kappa shape index (κ1) is 13.3.